The van der Waals surface area contributed by atoms with E-state index in [9.17, 15) is 14.7 Å². The molecule has 2 heterocycles. The highest BCUT2D eigenvalue weighted by atomic mass is 16.4. The predicted molar refractivity (Wildman–Crippen MR) is 104 cm³/mol. The molecule has 1 N–H and O–H groups in total. The molecule has 1 amide bonds. The smallest absolute Gasteiger partial charge is 0.339 e. The highest BCUT2D eigenvalue weighted by molar-refractivity contribution is 5.88. The third-order valence-corrected chi connectivity index (χ3v) is 6.56. The summed E-state index contributed by atoms with van der Waals surface area (Å²) in [6.07, 6.45) is 11.5. The van der Waals surface area contributed by atoms with Crippen molar-refractivity contribution < 1.29 is 14.7 Å². The Kier molecular flexibility index (Phi) is 6.55. The number of carboxylic acids is 1. The SMILES string of the molecule is CCCCC1CCC(C(=O)N2CCC(n3ncc(C(=O)O)c3C)CC2)CC1. The van der Waals surface area contributed by atoms with Crippen LogP contribution in [0, 0.1) is 18.8 Å². The molecule has 1 aromatic heterocycles. The van der Waals surface area contributed by atoms with Crippen molar-refractivity contribution in [1.82, 2.24) is 14.7 Å². The summed E-state index contributed by atoms with van der Waals surface area (Å²) in [5, 5.41) is 13.5. The van der Waals surface area contributed by atoms with E-state index in [0.717, 1.165) is 44.7 Å². The molecular weight excluding hydrogens is 342 g/mol. The summed E-state index contributed by atoms with van der Waals surface area (Å²) < 4.78 is 1.84. The van der Waals surface area contributed by atoms with Crippen molar-refractivity contribution in [2.24, 2.45) is 11.8 Å². The van der Waals surface area contributed by atoms with Crippen molar-refractivity contribution in [3.8, 4) is 0 Å². The van der Waals surface area contributed by atoms with Gasteiger partial charge < -0.3 is 10.0 Å². The van der Waals surface area contributed by atoms with Crippen LogP contribution in [0.1, 0.15) is 86.8 Å². The van der Waals surface area contributed by atoms with E-state index in [-0.39, 0.29) is 17.5 Å². The molecule has 0 atom stereocenters. The average Bonchev–Trinajstić information content (AvgIpc) is 3.08. The molecule has 0 unspecified atom stereocenters. The molecule has 0 radical (unpaired) electrons. The molecule has 1 aliphatic heterocycles. The first-order valence-electron chi connectivity index (χ1n) is 10.6. The summed E-state index contributed by atoms with van der Waals surface area (Å²) >= 11 is 0. The van der Waals surface area contributed by atoms with Gasteiger partial charge in [-0.15, -0.1) is 0 Å². The number of aromatic carboxylic acids is 1. The van der Waals surface area contributed by atoms with Gasteiger partial charge in [0.2, 0.25) is 5.91 Å². The van der Waals surface area contributed by atoms with Crippen molar-refractivity contribution in [2.75, 3.05) is 13.1 Å². The number of carboxylic acid groups (broad SMARTS) is 1. The van der Waals surface area contributed by atoms with Crippen LogP contribution in [0.2, 0.25) is 0 Å². The van der Waals surface area contributed by atoms with Crippen LogP contribution in [-0.2, 0) is 4.79 Å². The maximum Gasteiger partial charge on any atom is 0.339 e. The molecule has 2 fully saturated rings. The molecular formula is C21H33N3O3. The molecule has 27 heavy (non-hydrogen) atoms. The van der Waals surface area contributed by atoms with Crippen LogP contribution in [-0.4, -0.2) is 44.8 Å². The molecule has 6 heteroatoms. The molecule has 150 valence electrons. The lowest BCUT2D eigenvalue weighted by molar-refractivity contribution is -0.138. The highest BCUT2D eigenvalue weighted by Crippen LogP contribution is 2.34. The largest absolute Gasteiger partial charge is 0.478 e. The van der Waals surface area contributed by atoms with Gasteiger partial charge in [-0.05, 0) is 51.4 Å². The minimum absolute atomic E-state index is 0.187. The van der Waals surface area contributed by atoms with Gasteiger partial charge in [0.25, 0.3) is 0 Å². The summed E-state index contributed by atoms with van der Waals surface area (Å²) in [6, 6.07) is 0.187. The first kappa shape index (κ1) is 19.9. The van der Waals surface area contributed by atoms with Gasteiger partial charge in [0.05, 0.1) is 17.9 Å². The van der Waals surface area contributed by atoms with Crippen LogP contribution in [0.5, 0.6) is 0 Å². The Hall–Kier alpha value is -1.85. The fourth-order valence-electron chi connectivity index (χ4n) is 4.78. The van der Waals surface area contributed by atoms with Gasteiger partial charge in [0.15, 0.2) is 0 Å². The first-order chi connectivity index (χ1) is 13.0. The fourth-order valence-corrected chi connectivity index (χ4v) is 4.78. The van der Waals surface area contributed by atoms with Crippen LogP contribution in [0.3, 0.4) is 0 Å². The quantitative estimate of drug-likeness (QED) is 0.814. The van der Waals surface area contributed by atoms with E-state index in [1.165, 1.54) is 38.3 Å². The molecule has 1 saturated carbocycles. The van der Waals surface area contributed by atoms with Crippen LogP contribution in [0.25, 0.3) is 0 Å². The number of likely N-dealkylation sites (tertiary alicyclic amines) is 1. The summed E-state index contributed by atoms with van der Waals surface area (Å²) in [4.78, 5) is 26.1. The van der Waals surface area contributed by atoms with Crippen molar-refractivity contribution >= 4 is 11.9 Å². The van der Waals surface area contributed by atoms with E-state index < -0.39 is 5.97 Å². The Morgan fingerprint density at radius 2 is 1.81 bits per heavy atom. The minimum Gasteiger partial charge on any atom is -0.478 e. The van der Waals surface area contributed by atoms with Gasteiger partial charge in [-0.25, -0.2) is 4.79 Å². The zero-order valence-corrected chi connectivity index (χ0v) is 16.7. The number of hydrogen-bond donors (Lipinski definition) is 1. The number of amides is 1. The Morgan fingerprint density at radius 3 is 2.37 bits per heavy atom. The lowest BCUT2D eigenvalue weighted by Gasteiger charge is -2.36. The zero-order valence-electron chi connectivity index (χ0n) is 16.7. The van der Waals surface area contributed by atoms with Gasteiger partial charge >= 0.3 is 5.97 Å². The van der Waals surface area contributed by atoms with Gasteiger partial charge in [-0.2, -0.15) is 5.10 Å². The number of carbonyl (C=O) groups excluding carboxylic acids is 1. The summed E-state index contributed by atoms with van der Waals surface area (Å²) in [6.45, 7) is 5.55. The summed E-state index contributed by atoms with van der Waals surface area (Å²) in [5.41, 5.74) is 0.978. The zero-order chi connectivity index (χ0) is 19.4. The molecule has 6 nitrogen and oxygen atoms in total. The second kappa shape index (κ2) is 8.89. The Labute approximate surface area is 161 Å². The normalized spacial score (nSPS) is 24.1. The van der Waals surface area contributed by atoms with Crippen molar-refractivity contribution in [1.29, 1.82) is 0 Å². The average molecular weight is 376 g/mol. The Morgan fingerprint density at radius 1 is 1.15 bits per heavy atom. The number of carbonyl (C=O) groups is 2. The first-order valence-corrected chi connectivity index (χ1v) is 10.6. The number of aromatic nitrogens is 2. The second-order valence-corrected chi connectivity index (χ2v) is 8.31. The van der Waals surface area contributed by atoms with Gasteiger partial charge in [-0.1, -0.05) is 26.2 Å². The lowest BCUT2D eigenvalue weighted by atomic mass is 9.79. The van der Waals surface area contributed by atoms with E-state index in [0.29, 0.717) is 11.6 Å². The maximum absolute atomic E-state index is 12.9. The fraction of sp³-hybridized carbons (Fsp3) is 0.762. The molecule has 1 aromatic rings. The van der Waals surface area contributed by atoms with Crippen molar-refractivity contribution in [3.05, 3.63) is 17.5 Å². The maximum atomic E-state index is 12.9. The van der Waals surface area contributed by atoms with Crippen molar-refractivity contribution in [3.63, 3.8) is 0 Å². The van der Waals surface area contributed by atoms with Crippen LogP contribution in [0.15, 0.2) is 6.20 Å². The van der Waals surface area contributed by atoms with Gasteiger partial charge in [0, 0.05) is 19.0 Å². The molecule has 3 rings (SSSR count). The number of hydrogen-bond acceptors (Lipinski definition) is 3. The van der Waals surface area contributed by atoms with Crippen LogP contribution < -0.4 is 0 Å². The minimum atomic E-state index is -0.930. The highest BCUT2D eigenvalue weighted by Gasteiger charge is 2.32. The molecule has 2 aliphatic rings. The van der Waals surface area contributed by atoms with E-state index in [1.807, 2.05) is 16.5 Å². The van der Waals surface area contributed by atoms with E-state index in [2.05, 4.69) is 12.0 Å². The molecule has 0 aromatic carbocycles. The number of unbranched alkanes of at least 4 members (excludes halogenated alkanes) is 1. The molecule has 1 aliphatic carbocycles. The molecule has 1 saturated heterocycles. The second-order valence-electron chi connectivity index (χ2n) is 8.31. The van der Waals surface area contributed by atoms with E-state index >= 15 is 0 Å². The standard InChI is InChI=1S/C21H33N3O3/c1-3-4-5-16-6-8-17(9-7-16)20(25)23-12-10-18(11-13-23)24-15(2)19(14-22-24)21(26)27/h14,16-18H,3-13H2,1-2H3,(H,26,27). The summed E-state index contributed by atoms with van der Waals surface area (Å²) in [5.74, 6) is 0.446. The third-order valence-electron chi connectivity index (χ3n) is 6.56. The molecule has 0 bridgehead atoms. The van der Waals surface area contributed by atoms with Crippen LogP contribution >= 0.6 is 0 Å². The number of nitrogens with zero attached hydrogens (tertiary/aromatic N) is 3. The third kappa shape index (κ3) is 4.53. The van der Waals surface area contributed by atoms with Gasteiger partial charge in [-0.3, -0.25) is 9.48 Å². The number of rotatable bonds is 6. The monoisotopic (exact) mass is 375 g/mol. The van der Waals surface area contributed by atoms with Gasteiger partial charge in [0.1, 0.15) is 5.56 Å². The topological polar surface area (TPSA) is 75.4 Å². The predicted octanol–water partition coefficient (Wildman–Crippen LogP) is 4.05. The lowest BCUT2D eigenvalue weighted by Crippen LogP contribution is -2.43. The Balaban J connectivity index is 1.49. The van der Waals surface area contributed by atoms with E-state index in [1.54, 1.807) is 0 Å². The molecule has 0 spiro atoms. The summed E-state index contributed by atoms with van der Waals surface area (Å²) in [7, 11) is 0. The van der Waals surface area contributed by atoms with Crippen LogP contribution in [0.4, 0.5) is 0 Å². The number of piperidine rings is 1. The Bertz CT molecular complexity index is 654. The van der Waals surface area contributed by atoms with E-state index in [4.69, 9.17) is 0 Å². The van der Waals surface area contributed by atoms with Crippen molar-refractivity contribution in [2.45, 2.75) is 77.7 Å².